The number of likely N-dealkylation sites (tertiary alicyclic amines) is 1. The van der Waals surface area contributed by atoms with E-state index in [1.54, 1.807) is 7.11 Å². The van der Waals surface area contributed by atoms with Gasteiger partial charge in [-0.15, -0.1) is 0 Å². The van der Waals surface area contributed by atoms with Gasteiger partial charge in [0.05, 0.1) is 29.5 Å². The van der Waals surface area contributed by atoms with Crippen molar-refractivity contribution in [3.05, 3.63) is 42.0 Å². The van der Waals surface area contributed by atoms with Crippen molar-refractivity contribution in [3.63, 3.8) is 0 Å². The number of piperidine rings is 2. The van der Waals surface area contributed by atoms with Gasteiger partial charge in [0.15, 0.2) is 5.82 Å². The maximum Gasteiger partial charge on any atom is 0.254 e. The van der Waals surface area contributed by atoms with E-state index in [4.69, 9.17) is 15.5 Å². The normalized spacial score (nSPS) is 24.3. The zero-order valence-corrected chi connectivity index (χ0v) is 24.6. The third-order valence-corrected chi connectivity index (χ3v) is 10.3. The highest BCUT2D eigenvalue weighted by Crippen LogP contribution is 2.41. The molecule has 2 aliphatic heterocycles. The van der Waals surface area contributed by atoms with E-state index < -0.39 is 0 Å². The van der Waals surface area contributed by atoms with Gasteiger partial charge in [-0.2, -0.15) is 0 Å². The molecule has 2 aromatic carbocycles. The number of para-hydroxylation sites is 1. The molecule has 4 fully saturated rings. The molecular formula is C33H41N7O2. The van der Waals surface area contributed by atoms with Gasteiger partial charge in [0, 0.05) is 49.2 Å². The number of nitrogens with zero attached hydrogens (tertiary/aromatic N) is 4. The van der Waals surface area contributed by atoms with Gasteiger partial charge in [-0.3, -0.25) is 4.79 Å². The van der Waals surface area contributed by atoms with Crippen LogP contribution in [0.3, 0.4) is 0 Å². The molecule has 8 rings (SSSR count). The molecule has 3 atom stereocenters. The number of anilines is 1. The Morgan fingerprint density at radius 1 is 1.10 bits per heavy atom. The number of fused-ring (bicyclic) bond motifs is 4. The second kappa shape index (κ2) is 10.0. The molecule has 1 amide bonds. The topological polar surface area (TPSA) is 102 Å². The molecule has 0 unspecified atom stereocenters. The van der Waals surface area contributed by atoms with Gasteiger partial charge >= 0.3 is 0 Å². The lowest BCUT2D eigenvalue weighted by Crippen LogP contribution is -2.41. The summed E-state index contributed by atoms with van der Waals surface area (Å²) in [5.74, 6) is 2.70. The molecular weight excluding hydrogens is 526 g/mol. The number of benzene rings is 2. The van der Waals surface area contributed by atoms with E-state index in [-0.39, 0.29) is 18.0 Å². The van der Waals surface area contributed by atoms with Gasteiger partial charge in [-0.25, -0.2) is 4.98 Å². The van der Waals surface area contributed by atoms with E-state index in [0.717, 1.165) is 74.4 Å². The van der Waals surface area contributed by atoms with Crippen LogP contribution in [0, 0.1) is 11.8 Å². The quantitative estimate of drug-likeness (QED) is 0.307. The minimum Gasteiger partial charge on any atom is -0.494 e. The van der Waals surface area contributed by atoms with Crippen LogP contribution < -0.4 is 21.1 Å². The molecule has 2 bridgehead atoms. The van der Waals surface area contributed by atoms with Crippen LogP contribution in [0.1, 0.15) is 48.9 Å². The predicted octanol–water partition coefficient (Wildman–Crippen LogP) is 4.34. The monoisotopic (exact) mass is 567 g/mol. The van der Waals surface area contributed by atoms with Crippen molar-refractivity contribution in [3.8, 4) is 17.3 Å². The average Bonchev–Trinajstić information content (AvgIpc) is 3.39. The minimum atomic E-state index is 0.0292. The second-order valence-corrected chi connectivity index (χ2v) is 13.0. The number of ether oxygens (including phenoxy) is 1. The van der Waals surface area contributed by atoms with Crippen molar-refractivity contribution in [1.29, 1.82) is 0 Å². The number of aryl methyl sites for hydroxylation is 1. The third kappa shape index (κ3) is 4.20. The Morgan fingerprint density at radius 3 is 2.64 bits per heavy atom. The van der Waals surface area contributed by atoms with E-state index in [9.17, 15) is 4.79 Å². The fourth-order valence-electron chi connectivity index (χ4n) is 7.83. The Kier molecular flexibility index (Phi) is 6.23. The van der Waals surface area contributed by atoms with E-state index >= 15 is 0 Å². The van der Waals surface area contributed by atoms with Gasteiger partial charge in [0.1, 0.15) is 11.3 Å². The highest BCUT2D eigenvalue weighted by atomic mass is 16.5. The van der Waals surface area contributed by atoms with Gasteiger partial charge < -0.3 is 35.1 Å². The van der Waals surface area contributed by atoms with Crippen LogP contribution in [-0.4, -0.2) is 69.8 Å². The summed E-state index contributed by atoms with van der Waals surface area (Å²) in [5.41, 5.74) is 12.3. The van der Waals surface area contributed by atoms with Crippen LogP contribution in [-0.2, 0) is 13.6 Å². The first-order valence-electron chi connectivity index (χ1n) is 15.7. The molecule has 4 aromatic rings. The Morgan fingerprint density at radius 2 is 1.93 bits per heavy atom. The van der Waals surface area contributed by atoms with Crippen molar-refractivity contribution < 1.29 is 9.53 Å². The molecule has 0 radical (unpaired) electrons. The summed E-state index contributed by atoms with van der Waals surface area (Å²) in [6.07, 6.45) is 6.90. The first kappa shape index (κ1) is 26.1. The Labute approximate surface area is 246 Å². The maximum atomic E-state index is 13.7. The molecule has 9 heteroatoms. The smallest absolute Gasteiger partial charge is 0.254 e. The molecule has 2 saturated carbocycles. The highest BCUT2D eigenvalue weighted by Gasteiger charge is 2.47. The number of aromatic nitrogens is 3. The Bertz CT molecular complexity index is 1680. The largest absolute Gasteiger partial charge is 0.494 e. The fraction of sp³-hybridized carbons (Fsp3) is 0.515. The van der Waals surface area contributed by atoms with Gasteiger partial charge in [0.2, 0.25) is 0 Å². The number of amides is 1. The molecule has 4 N–H and O–H groups in total. The lowest BCUT2D eigenvalue weighted by Gasteiger charge is -2.27. The summed E-state index contributed by atoms with van der Waals surface area (Å²) in [7, 11) is 3.73. The number of nitrogens with one attached hydrogen (secondary N) is 2. The lowest BCUT2D eigenvalue weighted by molar-refractivity contribution is 0.0700. The number of hydrogen-bond donors (Lipinski definition) is 3. The summed E-state index contributed by atoms with van der Waals surface area (Å²) in [5, 5.41) is 8.58. The molecule has 0 spiro atoms. The third-order valence-electron chi connectivity index (χ3n) is 10.3. The summed E-state index contributed by atoms with van der Waals surface area (Å²) < 4.78 is 10.5. The summed E-state index contributed by atoms with van der Waals surface area (Å²) in [4.78, 5) is 20.9. The molecule has 2 aromatic heterocycles. The van der Waals surface area contributed by atoms with E-state index in [1.165, 1.54) is 29.4 Å². The van der Waals surface area contributed by atoms with Crippen molar-refractivity contribution in [2.45, 2.75) is 63.2 Å². The van der Waals surface area contributed by atoms with E-state index in [1.807, 2.05) is 17.0 Å². The van der Waals surface area contributed by atoms with Crippen molar-refractivity contribution in [1.82, 2.24) is 24.3 Å². The first-order valence-corrected chi connectivity index (χ1v) is 15.7. The number of imidazole rings is 1. The molecule has 2 saturated heterocycles. The zero-order valence-electron chi connectivity index (χ0n) is 24.6. The number of rotatable bonds is 7. The average molecular weight is 568 g/mol. The predicted molar refractivity (Wildman–Crippen MR) is 166 cm³/mol. The van der Waals surface area contributed by atoms with E-state index in [2.05, 4.69) is 51.1 Å². The standard InChI is InChI=1S/C33H41N7O2/c1-38-31-25(14-22(16-28(31)42-2)33(41)40-18-21-8-9-26(40)29(21)34)37-32(38)27-15-20-4-3-5-24(36-23-10-12-35-13-11-23)30(20)39(27)17-19-6-7-19/h3-5,14-16,19,21,23,26,29,35-36H,6-13,17-18,34H2,1-2H3/t21-,26-,29-/m1/s1. The van der Waals surface area contributed by atoms with Gasteiger partial charge in [-0.1, -0.05) is 12.1 Å². The first-order chi connectivity index (χ1) is 20.5. The van der Waals surface area contributed by atoms with Crippen molar-refractivity contribution >= 4 is 33.5 Å². The van der Waals surface area contributed by atoms with Gasteiger partial charge in [-0.05, 0) is 87.7 Å². The van der Waals surface area contributed by atoms with Crippen LogP contribution in [0.5, 0.6) is 5.75 Å². The van der Waals surface area contributed by atoms with Crippen LogP contribution in [0.25, 0.3) is 33.5 Å². The molecule has 9 nitrogen and oxygen atoms in total. The van der Waals surface area contributed by atoms with Crippen molar-refractivity contribution in [2.24, 2.45) is 24.6 Å². The summed E-state index contributed by atoms with van der Waals surface area (Å²) in [6, 6.07) is 13.4. The summed E-state index contributed by atoms with van der Waals surface area (Å²) in [6.45, 7) is 3.83. The number of carbonyl (C=O) groups excluding carboxylic acids is 1. The minimum absolute atomic E-state index is 0.0292. The fourth-order valence-corrected chi connectivity index (χ4v) is 7.83. The maximum absolute atomic E-state index is 13.7. The van der Waals surface area contributed by atoms with Crippen molar-refractivity contribution in [2.75, 3.05) is 32.1 Å². The molecule has 2 aliphatic carbocycles. The SMILES string of the molecule is COc1cc(C(=O)N2C[C@H]3CC[C@@H]2[C@@H]3N)cc2nc(-c3cc4cccc(NC5CCNCC5)c4n3CC3CC3)n(C)c12. The summed E-state index contributed by atoms with van der Waals surface area (Å²) >= 11 is 0. The van der Waals surface area contributed by atoms with Crippen LogP contribution in [0.2, 0.25) is 0 Å². The number of methoxy groups -OCH3 is 1. The highest BCUT2D eigenvalue weighted by molar-refractivity contribution is 6.01. The Hall–Kier alpha value is -3.56. The molecule has 220 valence electrons. The molecule has 4 aliphatic rings. The van der Waals surface area contributed by atoms with Crippen LogP contribution in [0.4, 0.5) is 5.69 Å². The molecule has 4 heterocycles. The zero-order chi connectivity index (χ0) is 28.5. The van der Waals surface area contributed by atoms with E-state index in [0.29, 0.717) is 29.2 Å². The van der Waals surface area contributed by atoms with Crippen LogP contribution >= 0.6 is 0 Å². The molecule has 42 heavy (non-hydrogen) atoms. The lowest BCUT2D eigenvalue weighted by atomic mass is 10.1. The Balaban J connectivity index is 1.22. The van der Waals surface area contributed by atoms with Crippen LogP contribution in [0.15, 0.2) is 36.4 Å². The number of nitrogens with two attached hydrogens (primary N) is 1. The van der Waals surface area contributed by atoms with Gasteiger partial charge in [0.25, 0.3) is 5.91 Å². The number of hydrogen-bond acceptors (Lipinski definition) is 6. The number of carbonyl (C=O) groups is 1. The second-order valence-electron chi connectivity index (χ2n) is 13.0.